The van der Waals surface area contributed by atoms with Crippen LogP contribution in [0, 0.1) is 0 Å². The maximum atomic E-state index is 11.5. The maximum absolute atomic E-state index is 11.5. The molecule has 1 aliphatic carbocycles. The predicted octanol–water partition coefficient (Wildman–Crippen LogP) is 2.57. The van der Waals surface area contributed by atoms with Crippen LogP contribution in [0.1, 0.15) is 15.9 Å². The molecule has 0 spiro atoms. The van der Waals surface area contributed by atoms with Crippen LogP contribution in [0.25, 0.3) is 5.76 Å². The van der Waals surface area contributed by atoms with Gasteiger partial charge in [0.25, 0.3) is 0 Å². The molecule has 1 aromatic carbocycles. The molecule has 0 aliphatic heterocycles. The number of fused-ring (bicyclic) bond motifs is 1. The normalized spacial score (nSPS) is 15.6. The lowest BCUT2D eigenvalue weighted by Gasteiger charge is -2.15. The summed E-state index contributed by atoms with van der Waals surface area (Å²) in [5.74, 6) is -2.11. The number of benzene rings is 1. The molecule has 0 radical (unpaired) electrons. The molecule has 1 aliphatic rings. The second-order valence-electron chi connectivity index (χ2n) is 2.98. The van der Waals surface area contributed by atoms with Gasteiger partial charge in [0.1, 0.15) is 10.8 Å². The van der Waals surface area contributed by atoms with Crippen molar-refractivity contribution in [2.45, 2.75) is 0 Å². The van der Waals surface area contributed by atoms with E-state index in [2.05, 4.69) is 0 Å². The Balaban J connectivity index is 2.84. The molecule has 1 N–H and O–H groups in total. The van der Waals surface area contributed by atoms with Gasteiger partial charge in [-0.2, -0.15) is 0 Å². The molecule has 0 heterocycles. The molecule has 1 aromatic rings. The molecule has 0 saturated carbocycles. The summed E-state index contributed by atoms with van der Waals surface area (Å²) in [7, 11) is 0. The van der Waals surface area contributed by atoms with Crippen molar-refractivity contribution >= 4 is 40.5 Å². The Morgan fingerprint density at radius 3 is 2.40 bits per heavy atom. The molecule has 0 aromatic heterocycles. The molecule has 0 bridgehead atoms. The minimum atomic E-state index is -0.913. The van der Waals surface area contributed by atoms with Gasteiger partial charge >= 0.3 is 0 Å². The fourth-order valence-electron chi connectivity index (χ4n) is 1.39. The molecule has 15 heavy (non-hydrogen) atoms. The van der Waals surface area contributed by atoms with Gasteiger partial charge in [-0.15, -0.1) is 0 Å². The molecular weight excluding hydrogens is 239 g/mol. The third kappa shape index (κ3) is 1.35. The van der Waals surface area contributed by atoms with Gasteiger partial charge in [0.15, 0.2) is 0 Å². The van der Waals surface area contributed by atoms with E-state index < -0.39 is 22.4 Å². The van der Waals surface area contributed by atoms with Crippen LogP contribution in [0.4, 0.5) is 0 Å². The number of aliphatic hydroxyl groups excluding tert-OH is 1. The SMILES string of the molecule is O=C1C(=O)c2cccc(Cl)c2C(O)=C1Cl. The Kier molecular flexibility index (Phi) is 2.29. The molecule has 76 valence electrons. The predicted molar refractivity (Wildman–Crippen MR) is 56.2 cm³/mol. The van der Waals surface area contributed by atoms with E-state index in [1.165, 1.54) is 18.2 Å². The van der Waals surface area contributed by atoms with E-state index in [0.717, 1.165) is 0 Å². The molecule has 0 fully saturated rings. The quantitative estimate of drug-likeness (QED) is 0.712. The van der Waals surface area contributed by atoms with E-state index in [-0.39, 0.29) is 16.1 Å². The Bertz CT molecular complexity index is 517. The van der Waals surface area contributed by atoms with Gasteiger partial charge < -0.3 is 5.11 Å². The van der Waals surface area contributed by atoms with Gasteiger partial charge in [-0.1, -0.05) is 35.3 Å². The fraction of sp³-hybridized carbons (Fsp3) is 0. The van der Waals surface area contributed by atoms with E-state index in [0.29, 0.717) is 0 Å². The number of allylic oxidation sites excluding steroid dienone is 1. The molecule has 0 atom stereocenters. The van der Waals surface area contributed by atoms with Crippen LogP contribution >= 0.6 is 23.2 Å². The minimum Gasteiger partial charge on any atom is -0.506 e. The van der Waals surface area contributed by atoms with E-state index in [9.17, 15) is 14.7 Å². The average Bonchev–Trinajstić information content (AvgIpc) is 2.23. The van der Waals surface area contributed by atoms with Gasteiger partial charge in [-0.05, 0) is 6.07 Å². The first-order chi connectivity index (χ1) is 7.04. The van der Waals surface area contributed by atoms with Gasteiger partial charge in [0.2, 0.25) is 11.6 Å². The van der Waals surface area contributed by atoms with Crippen molar-refractivity contribution in [1.82, 2.24) is 0 Å². The summed E-state index contributed by atoms with van der Waals surface area (Å²) in [6.07, 6.45) is 0. The van der Waals surface area contributed by atoms with E-state index in [1.807, 2.05) is 0 Å². The molecule has 0 amide bonds. The zero-order valence-corrected chi connectivity index (χ0v) is 8.76. The van der Waals surface area contributed by atoms with Crippen molar-refractivity contribution in [3.8, 4) is 0 Å². The highest BCUT2D eigenvalue weighted by Crippen LogP contribution is 2.34. The maximum Gasteiger partial charge on any atom is 0.248 e. The van der Waals surface area contributed by atoms with Crippen molar-refractivity contribution in [2.24, 2.45) is 0 Å². The third-order valence-electron chi connectivity index (χ3n) is 2.11. The number of hydrogen-bond acceptors (Lipinski definition) is 3. The Morgan fingerprint density at radius 2 is 1.73 bits per heavy atom. The minimum absolute atomic E-state index is 0.0781. The standard InChI is InChI=1S/C10H4Cl2O3/c11-5-3-1-2-4-6(5)9(14)7(12)10(15)8(4)13/h1-3,14H. The van der Waals surface area contributed by atoms with Crippen LogP contribution in [-0.2, 0) is 4.79 Å². The largest absolute Gasteiger partial charge is 0.506 e. The highest BCUT2D eigenvalue weighted by Gasteiger charge is 2.33. The summed E-state index contributed by atoms with van der Waals surface area (Å²) in [5, 5.41) is 9.29. The number of ketones is 2. The van der Waals surface area contributed by atoms with Crippen LogP contribution in [0.5, 0.6) is 0 Å². The Morgan fingerprint density at radius 1 is 1.07 bits per heavy atom. The monoisotopic (exact) mass is 242 g/mol. The molecule has 2 rings (SSSR count). The summed E-state index contributed by atoms with van der Waals surface area (Å²) in [6.45, 7) is 0. The molecular formula is C10H4Cl2O3. The van der Waals surface area contributed by atoms with Crippen molar-refractivity contribution in [1.29, 1.82) is 0 Å². The summed E-state index contributed by atoms with van der Waals surface area (Å²) in [4.78, 5) is 22.8. The molecule has 5 heteroatoms. The summed E-state index contributed by atoms with van der Waals surface area (Å²) >= 11 is 11.3. The highest BCUT2D eigenvalue weighted by atomic mass is 35.5. The van der Waals surface area contributed by atoms with Crippen LogP contribution in [-0.4, -0.2) is 16.7 Å². The van der Waals surface area contributed by atoms with Gasteiger partial charge in [0, 0.05) is 11.1 Å². The summed E-state index contributed by atoms with van der Waals surface area (Å²) < 4.78 is 0. The van der Waals surface area contributed by atoms with Gasteiger partial charge in [-0.25, -0.2) is 0 Å². The first-order valence-corrected chi connectivity index (χ1v) is 4.76. The lowest BCUT2D eigenvalue weighted by Crippen LogP contribution is -2.21. The zero-order chi connectivity index (χ0) is 11.2. The van der Waals surface area contributed by atoms with E-state index in [4.69, 9.17) is 23.2 Å². The lowest BCUT2D eigenvalue weighted by molar-refractivity contribution is -0.111. The van der Waals surface area contributed by atoms with Crippen LogP contribution in [0.2, 0.25) is 5.02 Å². The second kappa shape index (κ2) is 3.36. The van der Waals surface area contributed by atoms with Crippen LogP contribution in [0.3, 0.4) is 0 Å². The number of hydrogen-bond donors (Lipinski definition) is 1. The molecule has 0 unspecified atom stereocenters. The Hall–Kier alpha value is -1.32. The average molecular weight is 243 g/mol. The number of carbonyl (C=O) groups is 2. The van der Waals surface area contributed by atoms with Crippen molar-refractivity contribution in [3.05, 3.63) is 39.4 Å². The summed E-state index contributed by atoms with van der Waals surface area (Å²) in [5.41, 5.74) is 0.197. The third-order valence-corrected chi connectivity index (χ3v) is 2.77. The lowest BCUT2D eigenvalue weighted by atomic mass is 9.94. The highest BCUT2D eigenvalue weighted by molar-refractivity contribution is 6.64. The van der Waals surface area contributed by atoms with Gasteiger partial charge in [-0.3, -0.25) is 9.59 Å². The van der Waals surface area contributed by atoms with E-state index >= 15 is 0 Å². The number of aliphatic hydroxyl groups is 1. The topological polar surface area (TPSA) is 54.4 Å². The number of rotatable bonds is 0. The van der Waals surface area contributed by atoms with Crippen molar-refractivity contribution in [2.75, 3.05) is 0 Å². The second-order valence-corrected chi connectivity index (χ2v) is 3.77. The Labute approximate surface area is 94.9 Å². The first kappa shape index (κ1) is 10.2. The summed E-state index contributed by atoms with van der Waals surface area (Å²) in [6, 6.07) is 4.45. The number of carbonyl (C=O) groups excluding carboxylic acids is 2. The molecule has 3 nitrogen and oxygen atoms in total. The van der Waals surface area contributed by atoms with E-state index in [1.54, 1.807) is 0 Å². The number of Topliss-reactive ketones (excluding diaryl/α,β-unsaturated/α-hetero) is 2. The first-order valence-electron chi connectivity index (χ1n) is 4.00. The van der Waals surface area contributed by atoms with Crippen LogP contribution < -0.4 is 0 Å². The van der Waals surface area contributed by atoms with Crippen molar-refractivity contribution in [3.63, 3.8) is 0 Å². The smallest absolute Gasteiger partial charge is 0.248 e. The fourth-order valence-corrected chi connectivity index (χ4v) is 1.84. The number of halogens is 2. The van der Waals surface area contributed by atoms with Crippen LogP contribution in [0.15, 0.2) is 23.2 Å². The zero-order valence-electron chi connectivity index (χ0n) is 7.25. The van der Waals surface area contributed by atoms with Gasteiger partial charge in [0.05, 0.1) is 5.02 Å². The van der Waals surface area contributed by atoms with Crippen molar-refractivity contribution < 1.29 is 14.7 Å². The molecule has 0 saturated heterocycles.